The zero-order chi connectivity index (χ0) is 16.1. The van der Waals surface area contributed by atoms with Gasteiger partial charge in [-0.3, -0.25) is 4.79 Å². The standard InChI is InChI=1S/C18H25N3O/c1-5-14(4)18(22)20-16-8-6-7-15(11-16)12-21-10-9-19-17(21)13(2)3/h6-11,13-14H,5,12H2,1-4H3,(H,20,22)/t14-/m1/s1. The van der Waals surface area contributed by atoms with E-state index < -0.39 is 0 Å². The maximum absolute atomic E-state index is 12.0. The van der Waals surface area contributed by atoms with Gasteiger partial charge in [-0.25, -0.2) is 4.98 Å². The number of amides is 1. The van der Waals surface area contributed by atoms with Crippen LogP contribution in [0, 0.1) is 5.92 Å². The summed E-state index contributed by atoms with van der Waals surface area (Å²) in [6.07, 6.45) is 4.68. The van der Waals surface area contributed by atoms with Gasteiger partial charge in [0.2, 0.25) is 5.91 Å². The second kappa shape index (κ2) is 7.25. The third-order valence-corrected chi connectivity index (χ3v) is 3.87. The first kappa shape index (κ1) is 16.3. The first-order valence-corrected chi connectivity index (χ1v) is 7.92. The van der Waals surface area contributed by atoms with Crippen molar-refractivity contribution in [2.24, 2.45) is 5.92 Å². The number of imidazole rings is 1. The summed E-state index contributed by atoms with van der Waals surface area (Å²) in [6.45, 7) is 9.01. The molecule has 1 aromatic carbocycles. The van der Waals surface area contributed by atoms with Crippen molar-refractivity contribution in [2.75, 3.05) is 5.32 Å². The van der Waals surface area contributed by atoms with Gasteiger partial charge in [-0.2, -0.15) is 0 Å². The lowest BCUT2D eigenvalue weighted by Gasteiger charge is -2.13. The van der Waals surface area contributed by atoms with Crippen LogP contribution >= 0.6 is 0 Å². The Balaban J connectivity index is 2.11. The molecule has 0 saturated carbocycles. The molecule has 1 amide bonds. The number of nitrogens with zero attached hydrogens (tertiary/aromatic N) is 2. The Kier molecular flexibility index (Phi) is 5.36. The van der Waals surface area contributed by atoms with Gasteiger partial charge in [0.15, 0.2) is 0 Å². The van der Waals surface area contributed by atoms with E-state index in [1.807, 2.05) is 44.4 Å². The van der Waals surface area contributed by atoms with E-state index in [1.165, 1.54) is 0 Å². The van der Waals surface area contributed by atoms with Crippen LogP contribution in [0.1, 0.15) is 51.4 Å². The number of hydrogen-bond acceptors (Lipinski definition) is 2. The number of carbonyl (C=O) groups excluding carboxylic acids is 1. The molecule has 0 saturated heterocycles. The Labute approximate surface area is 132 Å². The predicted octanol–water partition coefficient (Wildman–Crippen LogP) is 4.04. The Morgan fingerprint density at radius 1 is 1.32 bits per heavy atom. The third kappa shape index (κ3) is 3.97. The molecule has 0 unspecified atom stereocenters. The van der Waals surface area contributed by atoms with E-state index in [4.69, 9.17) is 0 Å². The van der Waals surface area contributed by atoms with E-state index in [2.05, 4.69) is 34.8 Å². The van der Waals surface area contributed by atoms with Gasteiger partial charge >= 0.3 is 0 Å². The summed E-state index contributed by atoms with van der Waals surface area (Å²) in [7, 11) is 0. The second-order valence-corrected chi connectivity index (χ2v) is 6.07. The van der Waals surface area contributed by atoms with Gasteiger partial charge in [0.1, 0.15) is 5.82 Å². The second-order valence-electron chi connectivity index (χ2n) is 6.07. The first-order valence-electron chi connectivity index (χ1n) is 7.92. The molecule has 0 aliphatic rings. The Morgan fingerprint density at radius 2 is 2.09 bits per heavy atom. The molecule has 4 nitrogen and oxygen atoms in total. The molecule has 0 fully saturated rings. The Hall–Kier alpha value is -2.10. The van der Waals surface area contributed by atoms with Crippen LogP contribution < -0.4 is 5.32 Å². The fourth-order valence-corrected chi connectivity index (χ4v) is 2.35. The van der Waals surface area contributed by atoms with Gasteiger partial charge in [0, 0.05) is 36.5 Å². The van der Waals surface area contributed by atoms with E-state index in [0.29, 0.717) is 5.92 Å². The average molecular weight is 299 g/mol. The summed E-state index contributed by atoms with van der Waals surface area (Å²) in [5.74, 6) is 1.58. The minimum atomic E-state index is 0.0323. The maximum atomic E-state index is 12.0. The molecule has 0 bridgehead atoms. The lowest BCUT2D eigenvalue weighted by Crippen LogP contribution is -2.19. The number of anilines is 1. The number of nitrogens with one attached hydrogen (secondary N) is 1. The van der Waals surface area contributed by atoms with Gasteiger partial charge in [-0.1, -0.05) is 39.8 Å². The minimum absolute atomic E-state index is 0.0323. The van der Waals surface area contributed by atoms with Crippen molar-refractivity contribution in [1.29, 1.82) is 0 Å². The molecule has 1 N–H and O–H groups in total. The van der Waals surface area contributed by atoms with E-state index in [-0.39, 0.29) is 11.8 Å². The topological polar surface area (TPSA) is 46.9 Å². The first-order chi connectivity index (χ1) is 10.5. The van der Waals surface area contributed by atoms with Crippen molar-refractivity contribution in [3.63, 3.8) is 0 Å². The van der Waals surface area contributed by atoms with Gasteiger partial charge < -0.3 is 9.88 Å². The van der Waals surface area contributed by atoms with Crippen LogP contribution in [-0.2, 0) is 11.3 Å². The number of rotatable bonds is 6. The molecule has 0 radical (unpaired) electrons. The summed E-state index contributed by atoms with van der Waals surface area (Å²) >= 11 is 0. The van der Waals surface area contributed by atoms with E-state index in [9.17, 15) is 4.79 Å². The summed E-state index contributed by atoms with van der Waals surface area (Å²) in [5, 5.41) is 2.99. The quantitative estimate of drug-likeness (QED) is 0.875. The van der Waals surface area contributed by atoms with Crippen LogP contribution in [0.3, 0.4) is 0 Å². The van der Waals surface area contributed by atoms with E-state index >= 15 is 0 Å². The SMILES string of the molecule is CC[C@@H](C)C(=O)Nc1cccc(Cn2ccnc2C(C)C)c1. The van der Waals surface area contributed by atoms with Crippen LogP contribution in [-0.4, -0.2) is 15.5 Å². The van der Waals surface area contributed by atoms with Crippen molar-refractivity contribution in [1.82, 2.24) is 9.55 Å². The molecule has 2 aromatic rings. The van der Waals surface area contributed by atoms with E-state index in [1.54, 1.807) is 0 Å². The van der Waals surface area contributed by atoms with Crippen molar-refractivity contribution < 1.29 is 4.79 Å². The number of aromatic nitrogens is 2. The molecule has 2 rings (SSSR count). The smallest absolute Gasteiger partial charge is 0.227 e. The lowest BCUT2D eigenvalue weighted by atomic mass is 10.1. The highest BCUT2D eigenvalue weighted by Gasteiger charge is 2.11. The molecule has 22 heavy (non-hydrogen) atoms. The van der Waals surface area contributed by atoms with E-state index in [0.717, 1.165) is 30.0 Å². The fraction of sp³-hybridized carbons (Fsp3) is 0.444. The summed E-state index contributed by atoms with van der Waals surface area (Å²) in [4.78, 5) is 16.4. The average Bonchev–Trinajstić information content (AvgIpc) is 2.95. The summed E-state index contributed by atoms with van der Waals surface area (Å²) in [6, 6.07) is 8.02. The van der Waals surface area contributed by atoms with Crippen LogP contribution in [0.5, 0.6) is 0 Å². The fourth-order valence-electron chi connectivity index (χ4n) is 2.35. The van der Waals surface area contributed by atoms with Gasteiger partial charge in [0.05, 0.1) is 0 Å². The van der Waals surface area contributed by atoms with Crippen LogP contribution in [0.15, 0.2) is 36.7 Å². The van der Waals surface area contributed by atoms with Crippen LogP contribution in [0.4, 0.5) is 5.69 Å². The van der Waals surface area contributed by atoms with Gasteiger partial charge in [-0.05, 0) is 24.1 Å². The number of benzene rings is 1. The number of hydrogen-bond donors (Lipinski definition) is 1. The highest BCUT2D eigenvalue weighted by atomic mass is 16.1. The molecule has 1 atom stereocenters. The molecule has 4 heteroatoms. The van der Waals surface area contributed by atoms with Gasteiger partial charge in [0.25, 0.3) is 0 Å². The lowest BCUT2D eigenvalue weighted by molar-refractivity contribution is -0.119. The highest BCUT2D eigenvalue weighted by Crippen LogP contribution is 2.17. The summed E-state index contributed by atoms with van der Waals surface area (Å²) < 4.78 is 2.15. The molecule has 1 heterocycles. The monoisotopic (exact) mass is 299 g/mol. The maximum Gasteiger partial charge on any atom is 0.227 e. The van der Waals surface area contributed by atoms with Crippen molar-refractivity contribution in [2.45, 2.75) is 46.6 Å². The van der Waals surface area contributed by atoms with Crippen LogP contribution in [0.2, 0.25) is 0 Å². The molecule has 0 aliphatic carbocycles. The third-order valence-electron chi connectivity index (χ3n) is 3.87. The largest absolute Gasteiger partial charge is 0.330 e. The Bertz CT molecular complexity index is 631. The van der Waals surface area contributed by atoms with Crippen molar-refractivity contribution in [3.8, 4) is 0 Å². The molecule has 118 valence electrons. The normalized spacial score (nSPS) is 12.4. The van der Waals surface area contributed by atoms with Crippen LogP contribution in [0.25, 0.3) is 0 Å². The van der Waals surface area contributed by atoms with Crippen molar-refractivity contribution >= 4 is 11.6 Å². The molecule has 0 aliphatic heterocycles. The molecular weight excluding hydrogens is 274 g/mol. The summed E-state index contributed by atoms with van der Waals surface area (Å²) in [5.41, 5.74) is 2.01. The zero-order valence-corrected chi connectivity index (χ0v) is 13.8. The molecule has 0 spiro atoms. The highest BCUT2D eigenvalue weighted by molar-refractivity contribution is 5.92. The van der Waals surface area contributed by atoms with Crippen molar-refractivity contribution in [3.05, 3.63) is 48.0 Å². The van der Waals surface area contributed by atoms with Gasteiger partial charge in [-0.15, -0.1) is 0 Å². The molecular formula is C18H25N3O. The predicted molar refractivity (Wildman–Crippen MR) is 89.9 cm³/mol. The Morgan fingerprint density at radius 3 is 2.77 bits per heavy atom. The zero-order valence-electron chi connectivity index (χ0n) is 13.8. The number of carbonyl (C=O) groups is 1. The minimum Gasteiger partial charge on any atom is -0.330 e. The molecule has 1 aromatic heterocycles.